The molecule has 0 fully saturated rings. The average molecular weight is 457 g/mol. The maximum absolute atomic E-state index is 12.6. The Labute approximate surface area is 196 Å². The quantitative estimate of drug-likeness (QED) is 0.377. The van der Waals surface area contributed by atoms with E-state index in [1.165, 1.54) is 0 Å². The zero-order valence-corrected chi connectivity index (χ0v) is 18.6. The number of pyridine rings is 1. The van der Waals surface area contributed by atoms with Gasteiger partial charge in [-0.15, -0.1) is 0 Å². The molecule has 4 rings (SSSR count). The molecule has 2 aromatic carbocycles. The van der Waals surface area contributed by atoms with Crippen molar-refractivity contribution in [3.8, 4) is 0 Å². The fourth-order valence-corrected chi connectivity index (χ4v) is 3.36. The van der Waals surface area contributed by atoms with Crippen LogP contribution in [0, 0.1) is 0 Å². The number of H-pyrrole nitrogens is 1. The minimum atomic E-state index is -0.401. The highest BCUT2D eigenvalue weighted by Gasteiger charge is 2.13. The predicted molar refractivity (Wildman–Crippen MR) is 128 cm³/mol. The number of carbonyl (C=O) groups excluding carboxylic acids is 3. The van der Waals surface area contributed by atoms with Gasteiger partial charge in [-0.05, 0) is 48.5 Å². The molecule has 9 nitrogen and oxygen atoms in total. The van der Waals surface area contributed by atoms with E-state index in [0.29, 0.717) is 29.8 Å². The van der Waals surface area contributed by atoms with Crippen molar-refractivity contribution in [2.24, 2.45) is 0 Å². The molecule has 0 spiro atoms. The van der Waals surface area contributed by atoms with Crippen LogP contribution in [0.1, 0.15) is 26.4 Å². The number of imidazole rings is 1. The van der Waals surface area contributed by atoms with Crippen molar-refractivity contribution in [1.82, 2.24) is 25.2 Å². The van der Waals surface area contributed by atoms with E-state index in [1.54, 1.807) is 66.9 Å². The Morgan fingerprint density at radius 1 is 0.941 bits per heavy atom. The van der Waals surface area contributed by atoms with Crippen LogP contribution in [-0.2, 0) is 11.2 Å². The Kier molecular flexibility index (Phi) is 6.92. The van der Waals surface area contributed by atoms with Gasteiger partial charge >= 0.3 is 0 Å². The zero-order valence-electron chi connectivity index (χ0n) is 18.6. The van der Waals surface area contributed by atoms with Gasteiger partial charge in [0.05, 0.1) is 23.9 Å². The minimum absolute atomic E-state index is 0.127. The summed E-state index contributed by atoms with van der Waals surface area (Å²) in [7, 11) is 1.69. The summed E-state index contributed by atoms with van der Waals surface area (Å²) in [4.78, 5) is 50.5. The fourth-order valence-electron chi connectivity index (χ4n) is 3.36. The molecule has 4 aromatic rings. The number of rotatable bonds is 8. The molecule has 0 radical (unpaired) electrons. The van der Waals surface area contributed by atoms with Crippen LogP contribution >= 0.6 is 0 Å². The van der Waals surface area contributed by atoms with Gasteiger partial charge in [-0.25, -0.2) is 4.98 Å². The van der Waals surface area contributed by atoms with E-state index in [0.717, 1.165) is 16.7 Å². The van der Waals surface area contributed by atoms with Crippen molar-refractivity contribution >= 4 is 34.4 Å². The number of nitrogens with one attached hydrogen (secondary N) is 3. The van der Waals surface area contributed by atoms with E-state index >= 15 is 0 Å². The first-order valence-electron chi connectivity index (χ1n) is 10.8. The Hall–Kier alpha value is -4.53. The summed E-state index contributed by atoms with van der Waals surface area (Å²) in [5.41, 5.74) is 3.70. The molecule has 0 unspecified atom stereocenters. The predicted octanol–water partition coefficient (Wildman–Crippen LogP) is 2.64. The lowest BCUT2D eigenvalue weighted by Gasteiger charge is -2.17. The maximum atomic E-state index is 12.6. The topological polar surface area (TPSA) is 120 Å². The number of likely N-dealkylation sites (N-methyl/N-ethyl adjacent to an activating group) is 1. The van der Waals surface area contributed by atoms with Crippen molar-refractivity contribution < 1.29 is 14.4 Å². The molecule has 2 aromatic heterocycles. The summed E-state index contributed by atoms with van der Waals surface area (Å²) in [6.45, 7) is 0.371. The Morgan fingerprint density at radius 2 is 1.79 bits per heavy atom. The number of hydrogen-bond acceptors (Lipinski definition) is 5. The van der Waals surface area contributed by atoms with Gasteiger partial charge in [-0.1, -0.05) is 12.1 Å². The highest BCUT2D eigenvalue weighted by Crippen LogP contribution is 2.15. The Bertz CT molecular complexity index is 1320. The molecule has 3 amide bonds. The number of benzene rings is 2. The molecule has 0 saturated heterocycles. The van der Waals surface area contributed by atoms with Crippen molar-refractivity contribution in [2.75, 3.05) is 25.5 Å². The number of anilines is 1. The molecule has 0 bridgehead atoms. The van der Waals surface area contributed by atoms with Gasteiger partial charge in [-0.2, -0.15) is 0 Å². The van der Waals surface area contributed by atoms with Gasteiger partial charge < -0.3 is 20.5 Å². The summed E-state index contributed by atoms with van der Waals surface area (Å²) in [5.74, 6) is -0.914. The lowest BCUT2D eigenvalue weighted by atomic mass is 10.1. The molecule has 172 valence electrons. The molecular formula is C25H24N6O3. The van der Waals surface area contributed by atoms with E-state index in [4.69, 9.17) is 0 Å². The van der Waals surface area contributed by atoms with Gasteiger partial charge in [0.2, 0.25) is 5.91 Å². The highest BCUT2D eigenvalue weighted by molar-refractivity contribution is 6.06. The number of fused-ring (bicyclic) bond motifs is 1. The smallest absolute Gasteiger partial charge is 0.255 e. The van der Waals surface area contributed by atoms with Crippen LogP contribution < -0.4 is 10.6 Å². The van der Waals surface area contributed by atoms with Crippen LogP contribution in [0.2, 0.25) is 0 Å². The van der Waals surface area contributed by atoms with Crippen molar-refractivity contribution in [1.29, 1.82) is 0 Å². The van der Waals surface area contributed by atoms with Gasteiger partial charge in [-0.3, -0.25) is 19.4 Å². The van der Waals surface area contributed by atoms with E-state index < -0.39 is 5.91 Å². The summed E-state index contributed by atoms with van der Waals surface area (Å²) < 4.78 is 0. The number of nitrogens with zero attached hydrogens (tertiary/aromatic N) is 3. The third-order valence-electron chi connectivity index (χ3n) is 5.32. The van der Waals surface area contributed by atoms with E-state index in [1.807, 2.05) is 18.2 Å². The first kappa shape index (κ1) is 22.7. The SMILES string of the molecule is CN(CCc1ccccn1)C(=O)CNC(=O)c1cccc(NC(=O)c2ccc3nc[nH]c3c2)c1. The molecule has 3 N–H and O–H groups in total. The van der Waals surface area contributed by atoms with Crippen molar-refractivity contribution in [3.63, 3.8) is 0 Å². The molecule has 0 aliphatic rings. The monoisotopic (exact) mass is 456 g/mol. The summed E-state index contributed by atoms with van der Waals surface area (Å²) in [5, 5.41) is 5.43. The Morgan fingerprint density at radius 3 is 2.62 bits per heavy atom. The molecule has 0 aliphatic carbocycles. The second-order valence-electron chi connectivity index (χ2n) is 7.74. The third-order valence-corrected chi connectivity index (χ3v) is 5.32. The average Bonchev–Trinajstić information content (AvgIpc) is 3.34. The number of aromatic amines is 1. The molecule has 9 heteroatoms. The summed E-state index contributed by atoms with van der Waals surface area (Å²) >= 11 is 0. The van der Waals surface area contributed by atoms with E-state index in [2.05, 4.69) is 25.6 Å². The maximum Gasteiger partial charge on any atom is 0.255 e. The van der Waals surface area contributed by atoms with Crippen LogP contribution in [0.4, 0.5) is 5.69 Å². The lowest BCUT2D eigenvalue weighted by Crippen LogP contribution is -2.39. The minimum Gasteiger partial charge on any atom is -0.345 e. The second kappa shape index (κ2) is 10.4. The van der Waals surface area contributed by atoms with Crippen LogP contribution in [0.25, 0.3) is 11.0 Å². The lowest BCUT2D eigenvalue weighted by molar-refractivity contribution is -0.128. The molecule has 34 heavy (non-hydrogen) atoms. The van der Waals surface area contributed by atoms with Crippen LogP contribution in [0.15, 0.2) is 73.2 Å². The Balaban J connectivity index is 1.30. The summed E-state index contributed by atoms with van der Waals surface area (Å²) in [6, 6.07) is 17.4. The van der Waals surface area contributed by atoms with Gasteiger partial charge in [0, 0.05) is 48.7 Å². The van der Waals surface area contributed by atoms with Crippen LogP contribution in [0.3, 0.4) is 0 Å². The second-order valence-corrected chi connectivity index (χ2v) is 7.74. The van der Waals surface area contributed by atoms with Crippen LogP contribution in [-0.4, -0.2) is 57.7 Å². The first-order chi connectivity index (χ1) is 16.5. The van der Waals surface area contributed by atoms with Crippen molar-refractivity contribution in [3.05, 3.63) is 90.0 Å². The zero-order chi connectivity index (χ0) is 23.9. The van der Waals surface area contributed by atoms with Gasteiger partial charge in [0.25, 0.3) is 11.8 Å². The molecular weight excluding hydrogens is 432 g/mol. The number of amides is 3. The largest absolute Gasteiger partial charge is 0.345 e. The number of carbonyl (C=O) groups is 3. The van der Waals surface area contributed by atoms with E-state index in [-0.39, 0.29) is 18.4 Å². The van der Waals surface area contributed by atoms with Gasteiger partial charge in [0.1, 0.15) is 0 Å². The first-order valence-corrected chi connectivity index (χ1v) is 10.8. The summed E-state index contributed by atoms with van der Waals surface area (Å²) in [6.07, 6.45) is 3.91. The highest BCUT2D eigenvalue weighted by atomic mass is 16.2. The molecule has 2 heterocycles. The molecule has 0 aliphatic heterocycles. The number of aromatic nitrogens is 3. The fraction of sp³-hybridized carbons (Fsp3) is 0.160. The number of hydrogen-bond donors (Lipinski definition) is 3. The normalized spacial score (nSPS) is 10.6. The van der Waals surface area contributed by atoms with Gasteiger partial charge in [0.15, 0.2) is 0 Å². The molecule has 0 atom stereocenters. The standard InChI is InChI=1S/C25H24N6O3/c1-31(12-10-19-6-2-3-11-26-19)23(32)15-27-24(33)17-5-4-7-20(13-17)30-25(34)18-8-9-21-22(14-18)29-16-28-21/h2-9,11,13-14,16H,10,12,15H2,1H3,(H,27,33)(H,28,29)(H,30,34). The molecule has 0 saturated carbocycles. The third kappa shape index (κ3) is 5.63. The van der Waals surface area contributed by atoms with Crippen LogP contribution in [0.5, 0.6) is 0 Å². The van der Waals surface area contributed by atoms with Crippen molar-refractivity contribution in [2.45, 2.75) is 6.42 Å². The van der Waals surface area contributed by atoms with E-state index in [9.17, 15) is 14.4 Å².